The fourth-order valence-corrected chi connectivity index (χ4v) is 2.58. The molecule has 0 aliphatic carbocycles. The van der Waals surface area contributed by atoms with E-state index in [1.807, 2.05) is 12.1 Å². The summed E-state index contributed by atoms with van der Waals surface area (Å²) in [6.07, 6.45) is 6.29. The van der Waals surface area contributed by atoms with Gasteiger partial charge in [0.1, 0.15) is 5.75 Å². The second-order valence-electron chi connectivity index (χ2n) is 5.74. The van der Waals surface area contributed by atoms with Gasteiger partial charge in [-0.2, -0.15) is 0 Å². The predicted octanol–water partition coefficient (Wildman–Crippen LogP) is 4.43. The molecule has 1 rings (SSSR count). The third kappa shape index (κ3) is 5.96. The molecule has 0 radical (unpaired) electrons. The minimum absolute atomic E-state index is 0.488. The van der Waals surface area contributed by atoms with Crippen LogP contribution in [0.5, 0.6) is 5.75 Å². The molecule has 0 saturated heterocycles. The van der Waals surface area contributed by atoms with Gasteiger partial charge in [-0.05, 0) is 43.9 Å². The molecule has 0 bridgehead atoms. The summed E-state index contributed by atoms with van der Waals surface area (Å²) >= 11 is 0. The van der Waals surface area contributed by atoms with E-state index in [0.29, 0.717) is 6.04 Å². The minimum Gasteiger partial charge on any atom is -0.496 e. The minimum atomic E-state index is 0.488. The maximum atomic E-state index is 5.42. The zero-order valence-electron chi connectivity index (χ0n) is 13.6. The van der Waals surface area contributed by atoms with Crippen molar-refractivity contribution in [3.05, 3.63) is 29.8 Å². The van der Waals surface area contributed by atoms with Gasteiger partial charge in [-0.15, -0.1) is 0 Å². The topological polar surface area (TPSA) is 21.3 Å². The van der Waals surface area contributed by atoms with Crippen molar-refractivity contribution in [2.75, 3.05) is 13.7 Å². The number of rotatable bonds is 10. The van der Waals surface area contributed by atoms with Crippen LogP contribution >= 0.6 is 0 Å². The highest BCUT2D eigenvalue weighted by atomic mass is 16.5. The molecule has 1 aromatic carbocycles. The molecule has 2 nitrogen and oxygen atoms in total. The smallest absolute Gasteiger partial charge is 0.122 e. The highest BCUT2D eigenvalue weighted by Gasteiger charge is 2.10. The van der Waals surface area contributed by atoms with Crippen molar-refractivity contribution >= 4 is 0 Å². The van der Waals surface area contributed by atoms with Crippen LogP contribution in [0.25, 0.3) is 0 Å². The number of para-hydroxylation sites is 1. The molecule has 0 heterocycles. The molecule has 0 aliphatic rings. The molecule has 2 unspecified atom stereocenters. The number of hydrogen-bond acceptors (Lipinski definition) is 2. The molecule has 0 aromatic heterocycles. The first-order valence-electron chi connectivity index (χ1n) is 8.06. The Balaban J connectivity index is 2.40. The van der Waals surface area contributed by atoms with Gasteiger partial charge in [-0.25, -0.2) is 0 Å². The summed E-state index contributed by atoms with van der Waals surface area (Å²) in [7, 11) is 1.74. The molecule has 0 spiro atoms. The number of ether oxygens (including phenoxy) is 1. The number of methoxy groups -OCH3 is 1. The zero-order valence-corrected chi connectivity index (χ0v) is 13.6. The summed E-state index contributed by atoms with van der Waals surface area (Å²) in [4.78, 5) is 0. The van der Waals surface area contributed by atoms with Crippen LogP contribution in [0, 0.1) is 5.92 Å². The second-order valence-corrected chi connectivity index (χ2v) is 5.74. The van der Waals surface area contributed by atoms with Gasteiger partial charge >= 0.3 is 0 Å². The first kappa shape index (κ1) is 17.0. The largest absolute Gasteiger partial charge is 0.496 e. The number of benzene rings is 1. The van der Waals surface area contributed by atoms with E-state index in [2.05, 4.69) is 38.2 Å². The summed E-state index contributed by atoms with van der Waals surface area (Å²) < 4.78 is 5.42. The van der Waals surface area contributed by atoms with Crippen molar-refractivity contribution in [2.45, 2.75) is 58.9 Å². The van der Waals surface area contributed by atoms with E-state index in [9.17, 15) is 0 Å². The first-order chi connectivity index (χ1) is 9.71. The Kier molecular flexibility index (Phi) is 8.36. The van der Waals surface area contributed by atoms with Crippen molar-refractivity contribution < 1.29 is 4.74 Å². The standard InChI is InChI=1S/C18H31NO/c1-5-7-10-16(6-2)14-19-15(3)13-17-11-8-9-12-18(17)20-4/h8-9,11-12,15-16,19H,5-7,10,13-14H2,1-4H3. The average Bonchev–Trinajstić information content (AvgIpc) is 2.48. The number of nitrogens with one attached hydrogen (secondary N) is 1. The first-order valence-corrected chi connectivity index (χ1v) is 8.06. The third-order valence-electron chi connectivity index (χ3n) is 4.02. The van der Waals surface area contributed by atoms with E-state index in [4.69, 9.17) is 4.74 Å². The summed E-state index contributed by atoms with van der Waals surface area (Å²) in [6, 6.07) is 8.80. The lowest BCUT2D eigenvalue weighted by atomic mass is 9.98. The zero-order chi connectivity index (χ0) is 14.8. The molecule has 2 heteroatoms. The summed E-state index contributed by atoms with van der Waals surface area (Å²) in [6.45, 7) is 7.96. The average molecular weight is 277 g/mol. The van der Waals surface area contributed by atoms with Gasteiger partial charge in [0, 0.05) is 6.04 Å². The lowest BCUT2D eigenvalue weighted by molar-refractivity contribution is 0.386. The molecule has 0 amide bonds. The van der Waals surface area contributed by atoms with Gasteiger partial charge in [0.2, 0.25) is 0 Å². The molecule has 20 heavy (non-hydrogen) atoms. The molecule has 0 fully saturated rings. The van der Waals surface area contributed by atoms with Gasteiger partial charge < -0.3 is 10.1 Å². The quantitative estimate of drug-likeness (QED) is 0.683. The maximum Gasteiger partial charge on any atom is 0.122 e. The van der Waals surface area contributed by atoms with Gasteiger partial charge in [0.15, 0.2) is 0 Å². The fourth-order valence-electron chi connectivity index (χ4n) is 2.58. The van der Waals surface area contributed by atoms with E-state index < -0.39 is 0 Å². The van der Waals surface area contributed by atoms with Crippen molar-refractivity contribution in [2.24, 2.45) is 5.92 Å². The van der Waals surface area contributed by atoms with Crippen molar-refractivity contribution in [3.8, 4) is 5.75 Å². The van der Waals surface area contributed by atoms with E-state index >= 15 is 0 Å². The molecule has 1 aromatic rings. The van der Waals surface area contributed by atoms with Crippen LogP contribution in [-0.4, -0.2) is 19.7 Å². The highest BCUT2D eigenvalue weighted by Crippen LogP contribution is 2.19. The molecule has 0 aliphatic heterocycles. The van der Waals surface area contributed by atoms with Gasteiger partial charge in [-0.3, -0.25) is 0 Å². The van der Waals surface area contributed by atoms with E-state index in [1.165, 1.54) is 31.2 Å². The van der Waals surface area contributed by atoms with Crippen LogP contribution in [-0.2, 0) is 6.42 Å². The maximum absolute atomic E-state index is 5.42. The van der Waals surface area contributed by atoms with E-state index in [1.54, 1.807) is 7.11 Å². The van der Waals surface area contributed by atoms with E-state index in [-0.39, 0.29) is 0 Å². The Morgan fingerprint density at radius 2 is 1.95 bits per heavy atom. The molecule has 0 saturated carbocycles. The fraction of sp³-hybridized carbons (Fsp3) is 0.667. The Morgan fingerprint density at radius 3 is 2.60 bits per heavy atom. The monoisotopic (exact) mass is 277 g/mol. The Bertz CT molecular complexity index is 364. The van der Waals surface area contributed by atoms with E-state index in [0.717, 1.165) is 24.6 Å². The summed E-state index contributed by atoms with van der Waals surface area (Å²) in [5.41, 5.74) is 1.29. The van der Waals surface area contributed by atoms with Crippen LogP contribution in [0.3, 0.4) is 0 Å². The summed E-state index contributed by atoms with van der Waals surface area (Å²) in [5, 5.41) is 3.69. The van der Waals surface area contributed by atoms with Crippen LogP contribution in [0.15, 0.2) is 24.3 Å². The molecular weight excluding hydrogens is 246 g/mol. The second kappa shape index (κ2) is 9.82. The highest BCUT2D eigenvalue weighted by molar-refractivity contribution is 5.33. The lowest BCUT2D eigenvalue weighted by Crippen LogP contribution is -2.32. The Morgan fingerprint density at radius 1 is 1.20 bits per heavy atom. The van der Waals surface area contributed by atoms with Crippen LogP contribution < -0.4 is 10.1 Å². The van der Waals surface area contributed by atoms with Crippen LogP contribution in [0.1, 0.15) is 52.0 Å². The Hall–Kier alpha value is -1.02. The molecule has 2 atom stereocenters. The third-order valence-corrected chi connectivity index (χ3v) is 4.02. The van der Waals surface area contributed by atoms with Crippen molar-refractivity contribution in [1.29, 1.82) is 0 Å². The molecule has 114 valence electrons. The van der Waals surface area contributed by atoms with Crippen molar-refractivity contribution in [1.82, 2.24) is 5.32 Å². The molecular formula is C18H31NO. The van der Waals surface area contributed by atoms with Gasteiger partial charge in [-0.1, -0.05) is 51.3 Å². The van der Waals surface area contributed by atoms with Crippen LogP contribution in [0.4, 0.5) is 0 Å². The molecule has 1 N–H and O–H groups in total. The van der Waals surface area contributed by atoms with Gasteiger partial charge in [0.25, 0.3) is 0 Å². The predicted molar refractivity (Wildman–Crippen MR) is 87.5 cm³/mol. The number of hydrogen-bond donors (Lipinski definition) is 1. The normalized spacial score (nSPS) is 14.0. The van der Waals surface area contributed by atoms with Crippen LogP contribution in [0.2, 0.25) is 0 Å². The number of unbranched alkanes of at least 4 members (excludes halogenated alkanes) is 1. The SMILES string of the molecule is CCCCC(CC)CNC(C)Cc1ccccc1OC. The summed E-state index contributed by atoms with van der Waals surface area (Å²) in [5.74, 6) is 1.81. The van der Waals surface area contributed by atoms with Crippen molar-refractivity contribution in [3.63, 3.8) is 0 Å². The Labute approximate surface area is 124 Å². The van der Waals surface area contributed by atoms with Gasteiger partial charge in [0.05, 0.1) is 7.11 Å². The lowest BCUT2D eigenvalue weighted by Gasteiger charge is -2.20.